The first kappa shape index (κ1) is 59.6. The largest absolute Gasteiger partial charge is 0.494 e. The Bertz CT molecular complexity index is 3350. The average Bonchev–Trinajstić information content (AvgIpc) is 4.37. The van der Waals surface area contributed by atoms with Crippen LogP contribution in [0.25, 0.3) is 32.0 Å². The van der Waals surface area contributed by atoms with Crippen molar-refractivity contribution in [2.24, 2.45) is 11.8 Å². The molecule has 2 unspecified atom stereocenters. The lowest BCUT2D eigenvalue weighted by Crippen LogP contribution is -2.41. The van der Waals surface area contributed by atoms with E-state index in [0.717, 1.165) is 106 Å². The molecule has 16 nitrogen and oxygen atoms in total. The van der Waals surface area contributed by atoms with Gasteiger partial charge in [-0.25, -0.2) is 28.7 Å². The normalized spacial score (nSPS) is 17.4. The summed E-state index contributed by atoms with van der Waals surface area (Å²) in [6.07, 6.45) is 7.85. The second-order valence-electron chi connectivity index (χ2n) is 21.7. The van der Waals surface area contributed by atoms with E-state index >= 15 is 0 Å². The third-order valence-electron chi connectivity index (χ3n) is 15.0. The summed E-state index contributed by atoms with van der Waals surface area (Å²) in [5.41, 5.74) is 3.07. The molecular formula is C56H68BBrF2N10O6S4. The summed E-state index contributed by atoms with van der Waals surface area (Å²) in [6, 6.07) is 19.2. The number of thioether (sulfide) groups is 2. The fourth-order valence-electron chi connectivity index (χ4n) is 9.28. The quantitative estimate of drug-likeness (QED) is 0.0571. The maximum absolute atomic E-state index is 14.2. The third-order valence-corrected chi connectivity index (χ3v) is 18.7. The van der Waals surface area contributed by atoms with Crippen molar-refractivity contribution in [3.8, 4) is 21.6 Å². The Morgan fingerprint density at radius 2 is 1.07 bits per heavy atom. The van der Waals surface area contributed by atoms with Crippen LogP contribution in [0.4, 0.5) is 20.8 Å². The number of anilines is 2. The highest BCUT2D eigenvalue weighted by atomic mass is 79.9. The molecule has 0 N–H and O–H groups in total. The zero-order valence-corrected chi connectivity index (χ0v) is 52.0. The van der Waals surface area contributed by atoms with Crippen molar-refractivity contribution in [3.05, 3.63) is 88.6 Å². The molecule has 11 rings (SSSR count). The van der Waals surface area contributed by atoms with E-state index in [2.05, 4.69) is 103 Å². The van der Waals surface area contributed by atoms with Crippen molar-refractivity contribution < 1.29 is 36.6 Å². The molecule has 426 valence electrons. The zero-order valence-electron chi connectivity index (χ0n) is 47.2. The molecule has 0 amide bonds. The highest BCUT2D eigenvalue weighted by molar-refractivity contribution is 9.10. The molecule has 0 bridgehead atoms. The van der Waals surface area contributed by atoms with Crippen molar-refractivity contribution >= 4 is 107 Å². The van der Waals surface area contributed by atoms with Gasteiger partial charge >= 0.3 is 19.1 Å². The van der Waals surface area contributed by atoms with Crippen LogP contribution in [0.1, 0.15) is 118 Å². The maximum atomic E-state index is 14.2. The van der Waals surface area contributed by atoms with Crippen LogP contribution >= 0.6 is 62.1 Å². The molecule has 24 heteroatoms. The Morgan fingerprint density at radius 1 is 0.613 bits per heavy atom. The van der Waals surface area contributed by atoms with Gasteiger partial charge in [0.2, 0.25) is 0 Å². The van der Waals surface area contributed by atoms with E-state index in [1.165, 1.54) is 58.3 Å². The van der Waals surface area contributed by atoms with E-state index in [1.807, 2.05) is 76.6 Å². The van der Waals surface area contributed by atoms with Crippen LogP contribution in [-0.4, -0.2) is 109 Å². The summed E-state index contributed by atoms with van der Waals surface area (Å²) in [6.45, 7) is 23.9. The van der Waals surface area contributed by atoms with E-state index < -0.39 is 18.3 Å². The Balaban J connectivity index is 0.000000153. The van der Waals surface area contributed by atoms with Crippen molar-refractivity contribution in [1.29, 1.82) is 0 Å². The third kappa shape index (κ3) is 14.1. The molecule has 3 aliphatic rings. The lowest BCUT2D eigenvalue weighted by atomic mass is 9.79. The lowest BCUT2D eigenvalue weighted by molar-refractivity contribution is 0.00578. The molecule has 6 aromatic heterocycles. The summed E-state index contributed by atoms with van der Waals surface area (Å²) >= 11 is 9.09. The first-order chi connectivity index (χ1) is 38.2. The summed E-state index contributed by atoms with van der Waals surface area (Å²) in [4.78, 5) is 34.6. The summed E-state index contributed by atoms with van der Waals surface area (Å²) in [5, 5.41) is 9.43. The number of pyridine rings is 2. The van der Waals surface area contributed by atoms with E-state index in [9.17, 15) is 8.78 Å². The highest BCUT2D eigenvalue weighted by Gasteiger charge is 2.52. The van der Waals surface area contributed by atoms with Gasteiger partial charge in [0.1, 0.15) is 49.1 Å². The van der Waals surface area contributed by atoms with Gasteiger partial charge in [-0.05, 0) is 161 Å². The van der Waals surface area contributed by atoms with Crippen LogP contribution in [0.3, 0.4) is 0 Å². The molecule has 3 aliphatic heterocycles. The number of nitrogens with zero attached hydrogens (tertiary/aromatic N) is 10. The van der Waals surface area contributed by atoms with Crippen molar-refractivity contribution in [1.82, 2.24) is 40.2 Å². The predicted octanol–water partition coefficient (Wildman–Crippen LogP) is 13.9. The van der Waals surface area contributed by atoms with Crippen molar-refractivity contribution in [2.45, 2.75) is 140 Å². The molecule has 2 atom stereocenters. The van der Waals surface area contributed by atoms with Crippen LogP contribution in [0.2, 0.25) is 0 Å². The minimum Gasteiger partial charge on any atom is -0.467 e. The van der Waals surface area contributed by atoms with Gasteiger partial charge in [-0.2, -0.15) is 9.97 Å². The van der Waals surface area contributed by atoms with Gasteiger partial charge < -0.3 is 37.6 Å². The van der Waals surface area contributed by atoms with E-state index in [4.69, 9.17) is 32.8 Å². The molecule has 8 aromatic rings. The number of rotatable bonds is 14. The first-order valence-corrected chi connectivity index (χ1v) is 31.8. The number of thiazole rings is 2. The molecule has 0 saturated carbocycles. The molecule has 2 aromatic carbocycles. The molecule has 0 aliphatic carbocycles. The van der Waals surface area contributed by atoms with Crippen molar-refractivity contribution in [3.63, 3.8) is 0 Å². The SMILES string of the molecule is CC(C)c1noc(N2CCC(C(C)Oc3nc4ccc(Br)nc4s3)CC2)n1.CSc1ccc(-c2ccc3nc(OC(C)C4CCN(c5nc(C(C)C)no5)CC4)sc3n2)cc1F.CSc1ccc(B2OC(C)(C)C(C)(C)O2)cc1F. The van der Waals surface area contributed by atoms with Crippen molar-refractivity contribution in [2.75, 3.05) is 48.5 Å². The molecule has 80 heavy (non-hydrogen) atoms. The molecule has 0 radical (unpaired) electrons. The topological polar surface area (TPSA) is 173 Å². The number of benzene rings is 2. The fourth-order valence-corrected chi connectivity index (χ4v) is 12.4. The van der Waals surface area contributed by atoms with E-state index in [1.54, 1.807) is 12.1 Å². The van der Waals surface area contributed by atoms with Gasteiger partial charge in [-0.1, -0.05) is 72.8 Å². The standard InChI is InChI=1S/C25H28FN5O2S2.C18H22BrN5O2S.C13H18BFO2S/c1-14(2)22-29-24(33-30-22)31-11-9-16(10-12-31)15(3)32-25-28-20-7-6-19(27-23(20)35-25)17-5-8-21(34-4)18(26)13-17;1-10(2)15-22-17(26-23-15)24-8-6-12(7-9-24)11(3)25-18-20-13-4-5-14(19)21-16(13)27-18;1-12(2)13(3,4)17-14(16-12)9-6-7-11(18-5)10(15)8-9/h5-8,13-16H,9-12H2,1-4H3;4-5,10-12H,6-9H2,1-3H3;6-8H,1-5H3. The number of piperidine rings is 2. The monoisotopic (exact) mass is 1230 g/mol. The van der Waals surface area contributed by atoms with Gasteiger partial charge in [0.05, 0.1) is 16.9 Å². The molecule has 9 heterocycles. The maximum Gasteiger partial charge on any atom is 0.494 e. The van der Waals surface area contributed by atoms with E-state index in [-0.39, 0.29) is 35.7 Å². The van der Waals surface area contributed by atoms with Gasteiger partial charge in [-0.15, -0.1) is 23.5 Å². The lowest BCUT2D eigenvalue weighted by Gasteiger charge is -2.33. The van der Waals surface area contributed by atoms with Crippen LogP contribution in [0, 0.1) is 23.5 Å². The minimum absolute atomic E-state index is 0.0271. The molecule has 3 saturated heterocycles. The second kappa shape index (κ2) is 25.7. The van der Waals surface area contributed by atoms with Gasteiger partial charge in [0, 0.05) is 53.4 Å². The van der Waals surface area contributed by atoms with Crippen LogP contribution in [0.15, 0.2) is 84.1 Å². The number of hydrogen-bond acceptors (Lipinski definition) is 20. The zero-order chi connectivity index (χ0) is 57.0. The van der Waals surface area contributed by atoms with Gasteiger partial charge in [0.25, 0.3) is 10.4 Å². The molecular weight excluding hydrogens is 1170 g/mol. The molecule has 0 spiro atoms. The van der Waals surface area contributed by atoms with Crippen LogP contribution in [-0.2, 0) is 9.31 Å². The van der Waals surface area contributed by atoms with E-state index in [0.29, 0.717) is 44.0 Å². The second-order valence-corrected chi connectivity index (χ2v) is 26.1. The minimum atomic E-state index is -0.500. The Hall–Kier alpha value is -4.98. The number of halogens is 3. The Morgan fingerprint density at radius 3 is 1.52 bits per heavy atom. The highest BCUT2D eigenvalue weighted by Crippen LogP contribution is 2.38. The number of fused-ring (bicyclic) bond motifs is 2. The fraction of sp³-hybridized carbons (Fsp3) is 0.500. The number of aromatic nitrogens is 8. The predicted molar refractivity (Wildman–Crippen MR) is 320 cm³/mol. The summed E-state index contributed by atoms with van der Waals surface area (Å²) in [5.74, 6) is 2.46. The van der Waals surface area contributed by atoms with Gasteiger partial charge in [0.15, 0.2) is 11.6 Å². The van der Waals surface area contributed by atoms with Crippen LogP contribution < -0.4 is 24.7 Å². The van der Waals surface area contributed by atoms with Crippen LogP contribution in [0.5, 0.6) is 10.4 Å². The number of hydrogen-bond donors (Lipinski definition) is 0. The smallest absolute Gasteiger partial charge is 0.467 e. The first-order valence-electron chi connectivity index (χ1n) is 26.9. The Kier molecular flexibility index (Phi) is 19.1. The van der Waals surface area contributed by atoms with Gasteiger partial charge in [-0.3, -0.25) is 0 Å². The summed E-state index contributed by atoms with van der Waals surface area (Å²) in [7, 11) is -0.500. The Labute approximate surface area is 491 Å². The molecule has 3 fully saturated rings. The number of ether oxygens (including phenoxy) is 2. The average molecular weight is 1230 g/mol. The summed E-state index contributed by atoms with van der Waals surface area (Å²) < 4.78 is 63.8.